The number of carboxylic acids is 1. The first kappa shape index (κ1) is 12.4. The summed E-state index contributed by atoms with van der Waals surface area (Å²) < 4.78 is 0. The number of nitrogens with one attached hydrogen (secondary N) is 1. The number of para-hydroxylation sites is 1. The van der Waals surface area contributed by atoms with Crippen LogP contribution in [0.25, 0.3) is 0 Å². The predicted octanol–water partition coefficient (Wildman–Crippen LogP) is 1.39. The summed E-state index contributed by atoms with van der Waals surface area (Å²) in [4.78, 5) is 22.0. The third kappa shape index (κ3) is 2.90. The predicted molar refractivity (Wildman–Crippen MR) is 62.1 cm³/mol. The highest BCUT2D eigenvalue weighted by molar-refractivity contribution is 7.99. The lowest BCUT2D eigenvalue weighted by Gasteiger charge is -2.08. The van der Waals surface area contributed by atoms with Crippen LogP contribution in [0.2, 0.25) is 0 Å². The number of thioether (sulfide) groups is 1. The van der Waals surface area contributed by atoms with Crippen molar-refractivity contribution in [1.29, 1.82) is 0 Å². The Balaban J connectivity index is 2.93. The average Bonchev–Trinajstić information content (AvgIpc) is 2.21. The van der Waals surface area contributed by atoms with Gasteiger partial charge in [-0.2, -0.15) is 11.8 Å². The minimum Gasteiger partial charge on any atom is -0.505 e. The van der Waals surface area contributed by atoms with Crippen LogP contribution in [0.1, 0.15) is 10.4 Å². The van der Waals surface area contributed by atoms with Crippen molar-refractivity contribution in [3.8, 4) is 5.75 Å². The number of carbonyl (C=O) groups is 2. The standard InChI is InChI=1S/C10H11NO4S/c1-16-5-8(12)11-7-4-2-3-6(9(7)13)10(14)15/h2-4,13H,5H2,1H3,(H,11,12)(H,14,15). The second-order valence-corrected chi connectivity index (χ2v) is 3.85. The van der Waals surface area contributed by atoms with Crippen LogP contribution in [0, 0.1) is 0 Å². The molecular formula is C10H11NO4S. The van der Waals surface area contributed by atoms with E-state index < -0.39 is 11.7 Å². The molecule has 0 spiro atoms. The van der Waals surface area contributed by atoms with E-state index >= 15 is 0 Å². The van der Waals surface area contributed by atoms with Gasteiger partial charge in [-0.15, -0.1) is 0 Å². The lowest BCUT2D eigenvalue weighted by Crippen LogP contribution is -2.14. The van der Waals surface area contributed by atoms with Crippen LogP contribution in [0.4, 0.5) is 5.69 Å². The molecule has 5 nitrogen and oxygen atoms in total. The highest BCUT2D eigenvalue weighted by Crippen LogP contribution is 2.27. The van der Waals surface area contributed by atoms with Crippen LogP contribution in [0.5, 0.6) is 5.75 Å². The minimum atomic E-state index is -1.24. The Hall–Kier alpha value is -1.69. The van der Waals surface area contributed by atoms with Crippen molar-refractivity contribution < 1.29 is 19.8 Å². The molecule has 0 aliphatic rings. The summed E-state index contributed by atoms with van der Waals surface area (Å²) in [5.74, 6) is -1.70. The molecule has 6 heteroatoms. The SMILES string of the molecule is CSCC(=O)Nc1cccc(C(=O)O)c1O. The van der Waals surface area contributed by atoms with Crippen molar-refractivity contribution in [2.75, 3.05) is 17.3 Å². The lowest BCUT2D eigenvalue weighted by molar-refractivity contribution is -0.113. The molecule has 16 heavy (non-hydrogen) atoms. The molecule has 0 atom stereocenters. The van der Waals surface area contributed by atoms with Crippen LogP contribution < -0.4 is 5.32 Å². The van der Waals surface area contributed by atoms with Crippen molar-refractivity contribution >= 4 is 29.3 Å². The highest BCUT2D eigenvalue weighted by atomic mass is 32.2. The van der Waals surface area contributed by atoms with E-state index in [2.05, 4.69) is 5.32 Å². The number of carboxylic acid groups (broad SMARTS) is 1. The molecule has 1 aromatic carbocycles. The third-order valence-corrected chi connectivity index (χ3v) is 2.37. The fourth-order valence-electron chi connectivity index (χ4n) is 1.13. The molecule has 1 amide bonds. The number of carbonyl (C=O) groups excluding carboxylic acids is 1. The summed E-state index contributed by atoms with van der Waals surface area (Å²) in [5.41, 5.74) is -0.124. The van der Waals surface area contributed by atoms with Crippen molar-refractivity contribution in [2.24, 2.45) is 0 Å². The fraction of sp³-hybridized carbons (Fsp3) is 0.200. The Labute approximate surface area is 96.5 Å². The van der Waals surface area contributed by atoms with Gasteiger partial charge in [-0.1, -0.05) is 6.07 Å². The van der Waals surface area contributed by atoms with Crippen molar-refractivity contribution in [3.63, 3.8) is 0 Å². The molecule has 0 fully saturated rings. The Morgan fingerprint density at radius 2 is 2.12 bits per heavy atom. The molecule has 0 bridgehead atoms. The van der Waals surface area contributed by atoms with Crippen LogP contribution in [0.3, 0.4) is 0 Å². The van der Waals surface area contributed by atoms with Crippen molar-refractivity contribution in [1.82, 2.24) is 0 Å². The molecule has 1 rings (SSSR count). The quantitative estimate of drug-likeness (QED) is 0.693. The van der Waals surface area contributed by atoms with Crippen LogP contribution in [0.15, 0.2) is 18.2 Å². The van der Waals surface area contributed by atoms with Gasteiger partial charge in [-0.3, -0.25) is 4.79 Å². The summed E-state index contributed by atoms with van der Waals surface area (Å²) in [6.45, 7) is 0. The molecule has 0 aliphatic carbocycles. The normalized spacial score (nSPS) is 9.81. The molecule has 3 N–H and O–H groups in total. The maximum absolute atomic E-state index is 11.3. The highest BCUT2D eigenvalue weighted by Gasteiger charge is 2.14. The van der Waals surface area contributed by atoms with Gasteiger partial charge in [-0.05, 0) is 18.4 Å². The van der Waals surface area contributed by atoms with E-state index in [9.17, 15) is 14.7 Å². The Kier molecular flexibility index (Phi) is 4.19. The molecule has 0 aromatic heterocycles. The molecule has 0 saturated carbocycles. The fourth-order valence-corrected chi connectivity index (χ4v) is 1.47. The number of phenols is 1. The second kappa shape index (κ2) is 5.41. The Morgan fingerprint density at radius 3 is 2.69 bits per heavy atom. The number of benzene rings is 1. The molecule has 1 aromatic rings. The molecular weight excluding hydrogens is 230 g/mol. The van der Waals surface area contributed by atoms with Gasteiger partial charge in [-0.25, -0.2) is 4.79 Å². The zero-order chi connectivity index (χ0) is 12.1. The van der Waals surface area contributed by atoms with Crippen LogP contribution in [-0.4, -0.2) is 34.1 Å². The molecule has 0 radical (unpaired) electrons. The Morgan fingerprint density at radius 1 is 1.44 bits per heavy atom. The third-order valence-electron chi connectivity index (χ3n) is 1.82. The number of rotatable bonds is 4. The van der Waals surface area contributed by atoms with Gasteiger partial charge in [0.2, 0.25) is 5.91 Å². The number of aromatic carboxylic acids is 1. The smallest absolute Gasteiger partial charge is 0.339 e. The van der Waals surface area contributed by atoms with Gasteiger partial charge in [0.1, 0.15) is 5.56 Å². The zero-order valence-corrected chi connectivity index (χ0v) is 9.37. The monoisotopic (exact) mass is 241 g/mol. The van der Waals surface area contributed by atoms with E-state index in [1.165, 1.54) is 30.0 Å². The van der Waals surface area contributed by atoms with E-state index in [-0.39, 0.29) is 22.9 Å². The zero-order valence-electron chi connectivity index (χ0n) is 8.56. The van der Waals surface area contributed by atoms with Gasteiger partial charge < -0.3 is 15.5 Å². The molecule has 0 aliphatic heterocycles. The van der Waals surface area contributed by atoms with Gasteiger partial charge in [0.25, 0.3) is 0 Å². The number of amides is 1. The van der Waals surface area contributed by atoms with Crippen LogP contribution >= 0.6 is 11.8 Å². The van der Waals surface area contributed by atoms with Gasteiger partial charge >= 0.3 is 5.97 Å². The first-order valence-corrected chi connectivity index (χ1v) is 5.79. The van der Waals surface area contributed by atoms with Crippen molar-refractivity contribution in [2.45, 2.75) is 0 Å². The Bertz CT molecular complexity index is 419. The first-order valence-electron chi connectivity index (χ1n) is 4.40. The van der Waals surface area contributed by atoms with E-state index in [4.69, 9.17) is 5.11 Å². The van der Waals surface area contributed by atoms with E-state index in [1.54, 1.807) is 6.26 Å². The maximum atomic E-state index is 11.3. The van der Waals surface area contributed by atoms with E-state index in [1.807, 2.05) is 0 Å². The van der Waals surface area contributed by atoms with Gasteiger partial charge in [0.05, 0.1) is 11.4 Å². The number of hydrogen-bond donors (Lipinski definition) is 3. The number of hydrogen-bond acceptors (Lipinski definition) is 4. The minimum absolute atomic E-state index is 0.110. The average molecular weight is 241 g/mol. The van der Waals surface area contributed by atoms with E-state index in [0.29, 0.717) is 0 Å². The van der Waals surface area contributed by atoms with E-state index in [0.717, 1.165) is 0 Å². The van der Waals surface area contributed by atoms with Crippen LogP contribution in [-0.2, 0) is 4.79 Å². The molecule has 0 heterocycles. The van der Waals surface area contributed by atoms with Gasteiger partial charge in [0, 0.05) is 0 Å². The van der Waals surface area contributed by atoms with Crippen molar-refractivity contribution in [3.05, 3.63) is 23.8 Å². The number of aromatic hydroxyl groups is 1. The topological polar surface area (TPSA) is 86.6 Å². The molecule has 86 valence electrons. The summed E-state index contributed by atoms with van der Waals surface area (Å²) in [6, 6.07) is 4.17. The summed E-state index contributed by atoms with van der Waals surface area (Å²) in [6.07, 6.45) is 1.77. The van der Waals surface area contributed by atoms with Gasteiger partial charge in [0.15, 0.2) is 5.75 Å². The lowest BCUT2D eigenvalue weighted by atomic mass is 10.1. The summed E-state index contributed by atoms with van der Waals surface area (Å²) in [5, 5.41) is 20.8. The number of anilines is 1. The molecule has 0 unspecified atom stereocenters. The summed E-state index contributed by atoms with van der Waals surface area (Å²) >= 11 is 1.34. The summed E-state index contributed by atoms with van der Waals surface area (Å²) in [7, 11) is 0. The molecule has 0 saturated heterocycles. The largest absolute Gasteiger partial charge is 0.505 e. The maximum Gasteiger partial charge on any atom is 0.339 e. The second-order valence-electron chi connectivity index (χ2n) is 2.99. The first-order chi connectivity index (χ1) is 7.56.